The van der Waals surface area contributed by atoms with Crippen LogP contribution in [-0.2, 0) is 25.5 Å². The van der Waals surface area contributed by atoms with Crippen molar-refractivity contribution in [3.8, 4) is 0 Å². The Bertz CT molecular complexity index is 1110. The fraction of sp³-hybridized carbons (Fsp3) is 0.667. The normalized spacial score (nSPS) is 17.9. The number of ether oxygens (including phenoxy) is 1. The number of carbonyl (C=O) groups excluding carboxylic acids is 3. The molecule has 244 valence electrons. The summed E-state index contributed by atoms with van der Waals surface area (Å²) in [4.78, 5) is 45.0. The summed E-state index contributed by atoms with van der Waals surface area (Å²) in [7, 11) is 0. The molecule has 44 heavy (non-hydrogen) atoms. The van der Waals surface area contributed by atoms with Crippen LogP contribution in [-0.4, -0.2) is 54.8 Å². The Labute approximate surface area is 262 Å². The highest BCUT2D eigenvalue weighted by Gasteiger charge is 2.37. The Balaban J connectivity index is 1.81. The molecule has 2 aliphatic carbocycles. The van der Waals surface area contributed by atoms with Gasteiger partial charge in [0.25, 0.3) is 0 Å². The molecule has 0 saturated heterocycles. The summed E-state index contributed by atoms with van der Waals surface area (Å²) in [5.41, 5.74) is 18.2. The van der Waals surface area contributed by atoms with E-state index in [0.29, 0.717) is 37.8 Å². The Morgan fingerprint density at radius 1 is 0.909 bits per heavy atom. The van der Waals surface area contributed by atoms with Crippen LogP contribution in [0.25, 0.3) is 0 Å². The van der Waals surface area contributed by atoms with Gasteiger partial charge < -0.3 is 32.6 Å². The first kappa shape index (κ1) is 34.9. The molecule has 0 aromatic heterocycles. The molecule has 0 heterocycles. The van der Waals surface area contributed by atoms with Crippen molar-refractivity contribution in [3.05, 3.63) is 35.4 Å². The van der Waals surface area contributed by atoms with Crippen LogP contribution in [0.1, 0.15) is 102 Å². The van der Waals surface area contributed by atoms with Gasteiger partial charge in [0.15, 0.2) is 5.96 Å². The number of amidine groups is 1. The molecule has 1 aromatic rings. The second kappa shape index (κ2) is 18.2. The van der Waals surface area contributed by atoms with Crippen molar-refractivity contribution in [1.82, 2.24) is 10.6 Å². The van der Waals surface area contributed by atoms with E-state index in [4.69, 9.17) is 27.3 Å². The first-order valence-electron chi connectivity index (χ1n) is 16.5. The van der Waals surface area contributed by atoms with E-state index in [1.54, 1.807) is 0 Å². The van der Waals surface area contributed by atoms with E-state index in [9.17, 15) is 14.4 Å². The van der Waals surface area contributed by atoms with Gasteiger partial charge in [-0.15, -0.1) is 0 Å². The molecule has 11 nitrogen and oxygen atoms in total. The van der Waals surface area contributed by atoms with E-state index in [-0.39, 0.29) is 48.0 Å². The molecule has 3 rings (SSSR count). The highest BCUT2D eigenvalue weighted by Crippen LogP contribution is 2.33. The van der Waals surface area contributed by atoms with Gasteiger partial charge in [0, 0.05) is 18.0 Å². The van der Waals surface area contributed by atoms with Crippen LogP contribution in [0, 0.1) is 23.2 Å². The average molecular weight is 612 g/mol. The lowest BCUT2D eigenvalue weighted by Gasteiger charge is -2.34. The summed E-state index contributed by atoms with van der Waals surface area (Å²) in [6.07, 6.45) is 12.1. The minimum absolute atomic E-state index is 0.00702. The van der Waals surface area contributed by atoms with Crippen molar-refractivity contribution >= 4 is 29.6 Å². The van der Waals surface area contributed by atoms with Crippen molar-refractivity contribution < 1.29 is 19.1 Å². The van der Waals surface area contributed by atoms with Crippen molar-refractivity contribution in [2.24, 2.45) is 39.9 Å². The van der Waals surface area contributed by atoms with E-state index in [1.807, 2.05) is 31.2 Å². The van der Waals surface area contributed by atoms with Gasteiger partial charge >= 0.3 is 5.97 Å². The monoisotopic (exact) mass is 611 g/mol. The van der Waals surface area contributed by atoms with Crippen LogP contribution in [0.2, 0.25) is 0 Å². The summed E-state index contributed by atoms with van der Waals surface area (Å²) in [6.45, 7) is 2.50. The average Bonchev–Trinajstić information content (AvgIpc) is 3.03. The molecule has 9 N–H and O–H groups in total. The van der Waals surface area contributed by atoms with E-state index in [0.717, 1.165) is 63.4 Å². The van der Waals surface area contributed by atoms with E-state index in [2.05, 4.69) is 15.6 Å². The number of hydrogen-bond donors (Lipinski definition) is 6. The van der Waals surface area contributed by atoms with Gasteiger partial charge in [-0.3, -0.25) is 20.0 Å². The second-order valence-electron chi connectivity index (χ2n) is 12.4. The SMILES string of the molecule is CCCOC(=O)C(CCCN=C(N)N)NC(=O)C(NC(=O)C(Cc1ccc(C(=N)N)cc1)C1CCCCC1)C1CCCCC1. The molecule has 0 bridgehead atoms. The Hall–Kier alpha value is -3.63. The summed E-state index contributed by atoms with van der Waals surface area (Å²) in [5.74, 6) is -1.05. The standard InChI is InChI=1S/C33H53N7O4/c1-2-20-44-32(43)27(14-9-19-38-33(36)37)39-31(42)28(24-12-7-4-8-13-24)40-30(41)26(23-10-5-3-6-11-23)21-22-15-17-25(18-16-22)29(34)35/h15-18,23-24,26-28H,2-14,19-21H2,1H3,(H3,34,35)(H,39,42)(H,40,41)(H4,36,37,38). The van der Waals surface area contributed by atoms with Crippen LogP contribution >= 0.6 is 0 Å². The van der Waals surface area contributed by atoms with Gasteiger partial charge in [-0.2, -0.15) is 0 Å². The molecule has 1 aromatic carbocycles. The lowest BCUT2D eigenvalue weighted by molar-refractivity contribution is -0.148. The van der Waals surface area contributed by atoms with Gasteiger partial charge in [0.2, 0.25) is 11.8 Å². The minimum Gasteiger partial charge on any atom is -0.464 e. The lowest BCUT2D eigenvalue weighted by Crippen LogP contribution is -2.56. The fourth-order valence-corrected chi connectivity index (χ4v) is 6.53. The van der Waals surface area contributed by atoms with Crippen LogP contribution in [0.15, 0.2) is 29.3 Å². The number of nitrogens with zero attached hydrogens (tertiary/aromatic N) is 1. The van der Waals surface area contributed by atoms with E-state index < -0.39 is 18.1 Å². The molecule has 11 heteroatoms. The van der Waals surface area contributed by atoms with Crippen molar-refractivity contribution in [2.75, 3.05) is 13.2 Å². The highest BCUT2D eigenvalue weighted by atomic mass is 16.5. The lowest BCUT2D eigenvalue weighted by atomic mass is 9.76. The number of nitrogens with two attached hydrogens (primary N) is 3. The summed E-state index contributed by atoms with van der Waals surface area (Å²) in [6, 6.07) is 5.89. The summed E-state index contributed by atoms with van der Waals surface area (Å²) < 4.78 is 5.40. The maximum atomic E-state index is 14.1. The summed E-state index contributed by atoms with van der Waals surface area (Å²) >= 11 is 0. The third-order valence-electron chi connectivity index (χ3n) is 8.97. The Kier molecular flexibility index (Phi) is 14.5. The van der Waals surface area contributed by atoms with Gasteiger partial charge in [0.05, 0.1) is 6.61 Å². The smallest absolute Gasteiger partial charge is 0.328 e. The van der Waals surface area contributed by atoms with Gasteiger partial charge in [0.1, 0.15) is 17.9 Å². The van der Waals surface area contributed by atoms with Crippen molar-refractivity contribution in [1.29, 1.82) is 5.41 Å². The molecule has 3 atom stereocenters. The van der Waals surface area contributed by atoms with E-state index in [1.165, 1.54) is 6.42 Å². The zero-order valence-electron chi connectivity index (χ0n) is 26.3. The molecule has 0 radical (unpaired) electrons. The van der Waals surface area contributed by atoms with Crippen LogP contribution in [0.4, 0.5) is 0 Å². The third kappa shape index (κ3) is 11.1. The number of aliphatic imine (C=N–C) groups is 1. The molecular weight excluding hydrogens is 558 g/mol. The minimum atomic E-state index is -0.861. The first-order chi connectivity index (χ1) is 21.2. The number of benzene rings is 1. The van der Waals surface area contributed by atoms with Gasteiger partial charge in [-0.25, -0.2) is 4.79 Å². The van der Waals surface area contributed by atoms with Crippen molar-refractivity contribution in [3.63, 3.8) is 0 Å². The zero-order valence-corrected chi connectivity index (χ0v) is 26.3. The topological polar surface area (TPSA) is 199 Å². The molecule has 2 fully saturated rings. The van der Waals surface area contributed by atoms with Crippen LogP contribution in [0.5, 0.6) is 0 Å². The highest BCUT2D eigenvalue weighted by molar-refractivity contribution is 5.95. The first-order valence-corrected chi connectivity index (χ1v) is 16.5. The number of guanidine groups is 1. The number of nitrogen functional groups attached to an aromatic ring is 1. The molecule has 3 unspecified atom stereocenters. The maximum Gasteiger partial charge on any atom is 0.328 e. The molecular formula is C33H53N7O4. The largest absolute Gasteiger partial charge is 0.464 e. The van der Waals surface area contributed by atoms with Crippen LogP contribution in [0.3, 0.4) is 0 Å². The van der Waals surface area contributed by atoms with Crippen LogP contribution < -0.4 is 27.8 Å². The fourth-order valence-electron chi connectivity index (χ4n) is 6.53. The number of hydrogen-bond acceptors (Lipinski definition) is 6. The van der Waals surface area contributed by atoms with Gasteiger partial charge in [-0.05, 0) is 68.8 Å². The van der Waals surface area contributed by atoms with Gasteiger partial charge in [-0.1, -0.05) is 69.7 Å². The molecule has 2 saturated carbocycles. The predicted molar refractivity (Wildman–Crippen MR) is 173 cm³/mol. The number of rotatable bonds is 16. The predicted octanol–water partition coefficient (Wildman–Crippen LogP) is 3.27. The second-order valence-corrected chi connectivity index (χ2v) is 12.4. The molecule has 0 aliphatic heterocycles. The number of carbonyl (C=O) groups is 3. The zero-order chi connectivity index (χ0) is 31.9. The van der Waals surface area contributed by atoms with Crippen molar-refractivity contribution in [2.45, 2.75) is 109 Å². The Morgan fingerprint density at radius 3 is 2.09 bits per heavy atom. The Morgan fingerprint density at radius 2 is 1.52 bits per heavy atom. The quantitative estimate of drug-likeness (QED) is 0.0713. The number of esters is 1. The number of nitrogens with one attached hydrogen (secondary N) is 3. The molecule has 0 spiro atoms. The maximum absolute atomic E-state index is 14.1. The summed E-state index contributed by atoms with van der Waals surface area (Å²) in [5, 5.41) is 13.8. The third-order valence-corrected chi connectivity index (χ3v) is 8.97. The van der Waals surface area contributed by atoms with E-state index >= 15 is 0 Å². The molecule has 2 aliphatic rings. The number of amides is 2. The molecule has 2 amide bonds.